The number of aliphatic hydroxyl groups excluding tert-OH is 1. The summed E-state index contributed by atoms with van der Waals surface area (Å²) < 4.78 is 41.6. The van der Waals surface area contributed by atoms with Gasteiger partial charge in [0.05, 0.1) is 18.2 Å². The van der Waals surface area contributed by atoms with Crippen LogP contribution >= 0.6 is 0 Å². The lowest BCUT2D eigenvalue weighted by atomic mass is 9.97. The molecule has 1 aliphatic rings. The number of rotatable bonds is 4. The van der Waals surface area contributed by atoms with E-state index in [0.717, 1.165) is 6.07 Å². The zero-order chi connectivity index (χ0) is 17.3. The van der Waals surface area contributed by atoms with Crippen molar-refractivity contribution in [3.05, 3.63) is 47.5 Å². The van der Waals surface area contributed by atoms with Gasteiger partial charge in [-0.05, 0) is 25.0 Å². The first-order valence-corrected chi connectivity index (χ1v) is 7.85. The third-order valence-corrected chi connectivity index (χ3v) is 4.35. The number of likely N-dealkylation sites (tertiary alicyclic amines) is 1. The summed E-state index contributed by atoms with van der Waals surface area (Å²) in [5, 5.41) is 14.1. The fraction of sp³-hybridized carbons (Fsp3) is 0.500. The maximum atomic E-state index is 13.3. The molecular formula is C16H19F3N4O. The summed E-state index contributed by atoms with van der Waals surface area (Å²) in [6, 6.07) is 5.06. The molecule has 5 nitrogen and oxygen atoms in total. The number of aryl methyl sites for hydroxylation is 1. The van der Waals surface area contributed by atoms with Gasteiger partial charge in [-0.1, -0.05) is 18.2 Å². The molecule has 1 aromatic carbocycles. The minimum atomic E-state index is -4.42. The van der Waals surface area contributed by atoms with Crippen molar-refractivity contribution >= 4 is 0 Å². The average Bonchev–Trinajstić information content (AvgIpc) is 3.13. The lowest BCUT2D eigenvalue weighted by Gasteiger charge is -2.26. The van der Waals surface area contributed by atoms with E-state index in [4.69, 9.17) is 0 Å². The van der Waals surface area contributed by atoms with Crippen LogP contribution in [0.5, 0.6) is 0 Å². The van der Waals surface area contributed by atoms with Crippen molar-refractivity contribution in [2.45, 2.75) is 44.8 Å². The van der Waals surface area contributed by atoms with Gasteiger partial charge in [0.15, 0.2) is 0 Å². The largest absolute Gasteiger partial charge is 0.416 e. The molecule has 2 heterocycles. The number of aromatic nitrogens is 3. The van der Waals surface area contributed by atoms with Gasteiger partial charge in [-0.25, -0.2) is 9.67 Å². The third-order valence-electron chi connectivity index (χ3n) is 4.35. The van der Waals surface area contributed by atoms with E-state index in [1.165, 1.54) is 18.5 Å². The molecule has 1 aromatic heterocycles. The Kier molecular flexibility index (Phi) is 4.60. The number of hydrogen-bond donors (Lipinski definition) is 1. The van der Waals surface area contributed by atoms with Gasteiger partial charge in [0, 0.05) is 19.1 Å². The van der Waals surface area contributed by atoms with Gasteiger partial charge in [0.25, 0.3) is 0 Å². The molecule has 24 heavy (non-hydrogen) atoms. The lowest BCUT2D eigenvalue weighted by molar-refractivity contribution is -0.138. The molecule has 1 N–H and O–H groups in total. The monoisotopic (exact) mass is 340 g/mol. The van der Waals surface area contributed by atoms with Crippen LogP contribution in [0.4, 0.5) is 13.2 Å². The quantitative estimate of drug-likeness (QED) is 0.930. The Labute approximate surface area is 137 Å². The highest BCUT2D eigenvalue weighted by molar-refractivity contribution is 5.33. The van der Waals surface area contributed by atoms with Gasteiger partial charge in [-0.15, -0.1) is 0 Å². The minimum absolute atomic E-state index is 0.198. The zero-order valence-corrected chi connectivity index (χ0v) is 13.2. The molecule has 0 aliphatic carbocycles. The maximum Gasteiger partial charge on any atom is 0.416 e. The second-order valence-electron chi connectivity index (χ2n) is 5.91. The molecule has 8 heteroatoms. The summed E-state index contributed by atoms with van der Waals surface area (Å²) in [6.07, 6.45) is -3.37. The summed E-state index contributed by atoms with van der Waals surface area (Å²) in [4.78, 5) is 6.02. The number of alkyl halides is 3. The SMILES string of the molecule is CCn1ncnc1CN1CC(O)CC1c1ccccc1C(F)(F)F. The first-order chi connectivity index (χ1) is 11.4. The molecule has 1 aliphatic heterocycles. The van der Waals surface area contributed by atoms with Crippen molar-refractivity contribution in [2.75, 3.05) is 6.54 Å². The Balaban J connectivity index is 1.92. The Morgan fingerprint density at radius 1 is 1.29 bits per heavy atom. The van der Waals surface area contributed by atoms with E-state index in [2.05, 4.69) is 10.1 Å². The molecule has 0 amide bonds. The van der Waals surface area contributed by atoms with Crippen LogP contribution < -0.4 is 0 Å². The van der Waals surface area contributed by atoms with Gasteiger partial charge < -0.3 is 5.11 Å². The molecule has 0 radical (unpaired) electrons. The molecule has 3 rings (SSSR count). The van der Waals surface area contributed by atoms with Crippen molar-refractivity contribution in [1.82, 2.24) is 19.7 Å². The molecule has 2 aromatic rings. The smallest absolute Gasteiger partial charge is 0.392 e. The second-order valence-corrected chi connectivity index (χ2v) is 5.91. The van der Waals surface area contributed by atoms with E-state index < -0.39 is 23.9 Å². The first kappa shape index (κ1) is 16.9. The van der Waals surface area contributed by atoms with Gasteiger partial charge in [-0.2, -0.15) is 18.3 Å². The molecule has 0 saturated carbocycles. The van der Waals surface area contributed by atoms with Crippen LogP contribution in [0.25, 0.3) is 0 Å². The average molecular weight is 340 g/mol. The van der Waals surface area contributed by atoms with Crippen LogP contribution in [0.3, 0.4) is 0 Å². The highest BCUT2D eigenvalue weighted by atomic mass is 19.4. The number of benzene rings is 1. The summed E-state index contributed by atoms with van der Waals surface area (Å²) in [5.41, 5.74) is -0.449. The van der Waals surface area contributed by atoms with E-state index in [9.17, 15) is 18.3 Å². The minimum Gasteiger partial charge on any atom is -0.392 e. The van der Waals surface area contributed by atoms with Crippen molar-refractivity contribution in [2.24, 2.45) is 0 Å². The number of halogens is 3. The van der Waals surface area contributed by atoms with Crippen molar-refractivity contribution in [3.63, 3.8) is 0 Å². The van der Waals surface area contributed by atoms with E-state index in [1.54, 1.807) is 10.7 Å². The van der Waals surface area contributed by atoms with E-state index in [1.807, 2.05) is 11.8 Å². The fourth-order valence-corrected chi connectivity index (χ4v) is 3.28. The Morgan fingerprint density at radius 2 is 2.04 bits per heavy atom. The van der Waals surface area contributed by atoms with E-state index in [-0.39, 0.29) is 12.0 Å². The molecule has 2 atom stereocenters. The molecule has 1 saturated heterocycles. The molecule has 130 valence electrons. The van der Waals surface area contributed by atoms with Crippen LogP contribution in [0.2, 0.25) is 0 Å². The topological polar surface area (TPSA) is 54.2 Å². The van der Waals surface area contributed by atoms with Crippen LogP contribution in [-0.2, 0) is 19.3 Å². The highest BCUT2D eigenvalue weighted by Gasteiger charge is 2.40. The van der Waals surface area contributed by atoms with E-state index in [0.29, 0.717) is 25.5 Å². The summed E-state index contributed by atoms with van der Waals surface area (Å²) >= 11 is 0. The number of β-amino-alcohol motifs (C(OH)–C–C–N with tert-alkyl or cyclic N) is 1. The second kappa shape index (κ2) is 6.52. The summed E-state index contributed by atoms with van der Waals surface area (Å²) in [6.45, 7) is 3.22. The molecule has 0 spiro atoms. The predicted molar refractivity (Wildman–Crippen MR) is 80.9 cm³/mol. The molecule has 1 fully saturated rings. The number of hydrogen-bond acceptors (Lipinski definition) is 4. The van der Waals surface area contributed by atoms with Crippen LogP contribution in [0, 0.1) is 0 Å². The fourth-order valence-electron chi connectivity index (χ4n) is 3.28. The lowest BCUT2D eigenvalue weighted by Crippen LogP contribution is -2.27. The summed E-state index contributed by atoms with van der Waals surface area (Å²) in [5.74, 6) is 0.682. The Morgan fingerprint density at radius 3 is 2.75 bits per heavy atom. The number of aliphatic hydroxyl groups is 1. The predicted octanol–water partition coefficient (Wildman–Crippen LogP) is 2.62. The van der Waals surface area contributed by atoms with Crippen molar-refractivity contribution < 1.29 is 18.3 Å². The standard InChI is InChI=1S/C16H19F3N4O/c1-2-23-15(20-10-21-23)9-22-8-11(24)7-14(22)12-5-3-4-6-13(12)16(17,18)19/h3-6,10-11,14,24H,2,7-9H2,1H3. The van der Waals surface area contributed by atoms with Crippen molar-refractivity contribution in [1.29, 1.82) is 0 Å². The van der Waals surface area contributed by atoms with E-state index >= 15 is 0 Å². The maximum absolute atomic E-state index is 13.3. The zero-order valence-electron chi connectivity index (χ0n) is 13.2. The van der Waals surface area contributed by atoms with Crippen LogP contribution in [0.1, 0.15) is 36.3 Å². The normalized spacial score (nSPS) is 22.2. The van der Waals surface area contributed by atoms with Gasteiger partial charge in [0.2, 0.25) is 0 Å². The summed E-state index contributed by atoms with van der Waals surface area (Å²) in [7, 11) is 0. The van der Waals surface area contributed by atoms with Gasteiger partial charge in [-0.3, -0.25) is 4.90 Å². The molecule has 2 unspecified atom stereocenters. The number of nitrogens with zero attached hydrogens (tertiary/aromatic N) is 4. The Bertz CT molecular complexity index is 701. The van der Waals surface area contributed by atoms with Crippen molar-refractivity contribution in [3.8, 4) is 0 Å². The third kappa shape index (κ3) is 3.29. The van der Waals surface area contributed by atoms with Crippen LogP contribution in [0.15, 0.2) is 30.6 Å². The van der Waals surface area contributed by atoms with Gasteiger partial charge in [0.1, 0.15) is 12.2 Å². The van der Waals surface area contributed by atoms with Gasteiger partial charge >= 0.3 is 6.18 Å². The Hall–Kier alpha value is -1.93. The van der Waals surface area contributed by atoms with Crippen LogP contribution in [-0.4, -0.2) is 37.4 Å². The molecular weight excluding hydrogens is 321 g/mol. The highest BCUT2D eigenvalue weighted by Crippen LogP contribution is 2.40. The molecule has 0 bridgehead atoms. The first-order valence-electron chi connectivity index (χ1n) is 7.85.